The zero-order valence-corrected chi connectivity index (χ0v) is 19.6. The van der Waals surface area contributed by atoms with Crippen molar-refractivity contribution in [3.63, 3.8) is 0 Å². The van der Waals surface area contributed by atoms with Gasteiger partial charge in [-0.05, 0) is 30.4 Å². The molecule has 0 amide bonds. The van der Waals surface area contributed by atoms with E-state index >= 15 is 0 Å². The lowest BCUT2D eigenvalue weighted by Gasteiger charge is -2.28. The summed E-state index contributed by atoms with van der Waals surface area (Å²) in [5.74, 6) is 2.99. The van der Waals surface area contributed by atoms with E-state index in [-0.39, 0.29) is 11.5 Å². The van der Waals surface area contributed by atoms with Gasteiger partial charge in [-0.1, -0.05) is 40.7 Å². The molecule has 156 valence electrons. The van der Waals surface area contributed by atoms with Crippen LogP contribution in [0.2, 0.25) is 0 Å². The first-order valence-corrected chi connectivity index (χ1v) is 10.9. The lowest BCUT2D eigenvalue weighted by atomic mass is 9.88. The Hall–Kier alpha value is -2.28. The van der Waals surface area contributed by atoms with E-state index in [0.29, 0.717) is 11.7 Å². The summed E-state index contributed by atoms with van der Waals surface area (Å²) in [6, 6.07) is 6.13. The fourth-order valence-corrected chi connectivity index (χ4v) is 4.00. The smallest absolute Gasteiger partial charge is 0.200 e. The normalized spacial score (nSPS) is 13.1. The second-order valence-corrected chi connectivity index (χ2v) is 10.4. The van der Waals surface area contributed by atoms with Crippen molar-refractivity contribution < 1.29 is 0 Å². The maximum Gasteiger partial charge on any atom is 0.200 e. The van der Waals surface area contributed by atoms with Crippen molar-refractivity contribution >= 4 is 17.2 Å². The van der Waals surface area contributed by atoms with E-state index in [0.717, 1.165) is 33.6 Å². The molecule has 7 heteroatoms. The SMILES string of the molecule is CC(C)Cc1ncc(-c2nc(-c3cccc(N(C)C)n3)nn2C(C)C(C)(C)C)s1. The Bertz CT molecular complexity index is 964. The Kier molecular flexibility index (Phi) is 6.08. The number of aromatic nitrogens is 5. The number of nitrogens with zero attached hydrogens (tertiary/aromatic N) is 6. The predicted octanol–water partition coefficient (Wildman–Crippen LogP) is 5.34. The monoisotopic (exact) mass is 412 g/mol. The first-order chi connectivity index (χ1) is 13.6. The van der Waals surface area contributed by atoms with Crippen LogP contribution in [0.5, 0.6) is 0 Å². The van der Waals surface area contributed by atoms with Crippen molar-refractivity contribution in [1.82, 2.24) is 24.7 Å². The molecule has 0 fully saturated rings. The Balaban J connectivity index is 2.09. The minimum Gasteiger partial charge on any atom is -0.363 e. The summed E-state index contributed by atoms with van der Waals surface area (Å²) in [6.07, 6.45) is 2.92. The van der Waals surface area contributed by atoms with Gasteiger partial charge in [0.25, 0.3) is 0 Å². The van der Waals surface area contributed by atoms with Gasteiger partial charge >= 0.3 is 0 Å². The summed E-state index contributed by atoms with van der Waals surface area (Å²) in [5, 5.41) is 6.04. The number of hydrogen-bond donors (Lipinski definition) is 0. The second-order valence-electron chi connectivity index (χ2n) is 9.24. The molecule has 0 saturated carbocycles. The zero-order chi connectivity index (χ0) is 21.3. The topological polar surface area (TPSA) is 59.7 Å². The van der Waals surface area contributed by atoms with Gasteiger partial charge in [-0.3, -0.25) is 0 Å². The van der Waals surface area contributed by atoms with Crippen LogP contribution in [0.3, 0.4) is 0 Å². The van der Waals surface area contributed by atoms with Gasteiger partial charge in [0.1, 0.15) is 11.5 Å². The fraction of sp³-hybridized carbons (Fsp3) is 0.545. The van der Waals surface area contributed by atoms with Crippen molar-refractivity contribution in [3.05, 3.63) is 29.4 Å². The molecule has 0 saturated heterocycles. The highest BCUT2D eigenvalue weighted by Crippen LogP contribution is 2.36. The van der Waals surface area contributed by atoms with E-state index in [1.807, 2.05) is 48.1 Å². The average Bonchev–Trinajstić information content (AvgIpc) is 3.26. The molecule has 29 heavy (non-hydrogen) atoms. The molecular weight excluding hydrogens is 380 g/mol. The van der Waals surface area contributed by atoms with Gasteiger partial charge in [0.2, 0.25) is 0 Å². The van der Waals surface area contributed by atoms with Crippen molar-refractivity contribution in [3.8, 4) is 22.2 Å². The predicted molar refractivity (Wildman–Crippen MR) is 121 cm³/mol. The standard InChI is InChI=1S/C22H32N6S/c1-14(2)12-19-23-13-17(29-19)21-25-20(26-28(21)15(3)22(4,5)6)16-10-9-11-18(24-16)27(7)8/h9-11,13-15H,12H2,1-8H3. The molecule has 0 aliphatic rings. The van der Waals surface area contributed by atoms with Crippen molar-refractivity contribution in [2.24, 2.45) is 11.3 Å². The molecule has 0 aliphatic heterocycles. The molecule has 0 N–H and O–H groups in total. The number of anilines is 1. The summed E-state index contributed by atoms with van der Waals surface area (Å²) in [4.78, 5) is 17.3. The molecule has 3 rings (SSSR count). The molecule has 0 bridgehead atoms. The van der Waals surface area contributed by atoms with Crippen LogP contribution in [0.25, 0.3) is 22.2 Å². The Labute approximate surface area is 178 Å². The largest absolute Gasteiger partial charge is 0.363 e. The maximum absolute atomic E-state index is 4.92. The third-order valence-electron chi connectivity index (χ3n) is 5.03. The van der Waals surface area contributed by atoms with Crippen molar-refractivity contribution in [2.75, 3.05) is 19.0 Å². The van der Waals surface area contributed by atoms with E-state index in [1.165, 1.54) is 0 Å². The summed E-state index contributed by atoms with van der Waals surface area (Å²) in [7, 11) is 3.97. The molecule has 3 aromatic rings. The molecule has 0 aromatic carbocycles. The minimum absolute atomic E-state index is 0.0457. The van der Waals surface area contributed by atoms with Crippen molar-refractivity contribution in [1.29, 1.82) is 0 Å². The summed E-state index contributed by atoms with van der Waals surface area (Å²) >= 11 is 1.71. The molecule has 3 aromatic heterocycles. The molecular formula is C22H32N6S. The van der Waals surface area contributed by atoms with Crippen LogP contribution < -0.4 is 4.90 Å². The highest BCUT2D eigenvalue weighted by atomic mass is 32.1. The number of hydrogen-bond acceptors (Lipinski definition) is 6. The second kappa shape index (κ2) is 8.22. The van der Waals surface area contributed by atoms with E-state index in [1.54, 1.807) is 11.3 Å². The number of thiazole rings is 1. The number of pyridine rings is 1. The van der Waals surface area contributed by atoms with Gasteiger partial charge in [-0.2, -0.15) is 0 Å². The van der Waals surface area contributed by atoms with Crippen LogP contribution in [0, 0.1) is 11.3 Å². The maximum atomic E-state index is 4.92. The van der Waals surface area contributed by atoms with Gasteiger partial charge in [0.05, 0.1) is 15.9 Å². The van der Waals surface area contributed by atoms with Crippen LogP contribution in [0.15, 0.2) is 24.4 Å². The van der Waals surface area contributed by atoms with Crippen LogP contribution in [0.4, 0.5) is 5.82 Å². The molecule has 3 heterocycles. The summed E-state index contributed by atoms with van der Waals surface area (Å²) in [6.45, 7) is 13.3. The van der Waals surface area contributed by atoms with Crippen LogP contribution in [0.1, 0.15) is 52.6 Å². The summed E-state index contributed by atoms with van der Waals surface area (Å²) < 4.78 is 2.05. The molecule has 6 nitrogen and oxygen atoms in total. The molecule has 0 radical (unpaired) electrons. The van der Waals surface area contributed by atoms with Gasteiger partial charge in [-0.25, -0.2) is 19.6 Å². The van der Waals surface area contributed by atoms with Gasteiger partial charge < -0.3 is 4.90 Å². The third kappa shape index (κ3) is 4.83. The highest BCUT2D eigenvalue weighted by molar-refractivity contribution is 7.15. The van der Waals surface area contributed by atoms with E-state index in [9.17, 15) is 0 Å². The number of rotatable bonds is 6. The average molecular weight is 413 g/mol. The quantitative estimate of drug-likeness (QED) is 0.547. The van der Waals surface area contributed by atoms with Gasteiger partial charge in [-0.15, -0.1) is 16.4 Å². The molecule has 0 spiro atoms. The van der Waals surface area contributed by atoms with Crippen molar-refractivity contribution in [2.45, 2.75) is 54.0 Å². The minimum atomic E-state index is 0.0457. The van der Waals surface area contributed by atoms with Crippen LogP contribution in [-0.4, -0.2) is 38.8 Å². The lowest BCUT2D eigenvalue weighted by Crippen LogP contribution is -2.23. The van der Waals surface area contributed by atoms with E-state index in [4.69, 9.17) is 15.1 Å². The Morgan fingerprint density at radius 3 is 2.45 bits per heavy atom. The summed E-state index contributed by atoms with van der Waals surface area (Å²) in [5.41, 5.74) is 0.827. The first kappa shape index (κ1) is 21.4. The first-order valence-electron chi connectivity index (χ1n) is 10.1. The molecule has 0 aliphatic carbocycles. The van der Waals surface area contributed by atoms with Gasteiger partial charge in [0, 0.05) is 26.7 Å². The van der Waals surface area contributed by atoms with E-state index in [2.05, 4.69) is 46.5 Å². The highest BCUT2D eigenvalue weighted by Gasteiger charge is 2.28. The van der Waals surface area contributed by atoms with Crippen LogP contribution in [-0.2, 0) is 6.42 Å². The molecule has 1 atom stereocenters. The lowest BCUT2D eigenvalue weighted by molar-refractivity contribution is 0.247. The third-order valence-corrected chi connectivity index (χ3v) is 6.05. The van der Waals surface area contributed by atoms with Gasteiger partial charge in [0.15, 0.2) is 11.6 Å². The Morgan fingerprint density at radius 1 is 1.10 bits per heavy atom. The molecule has 1 unspecified atom stereocenters. The zero-order valence-electron chi connectivity index (χ0n) is 18.8. The fourth-order valence-electron chi connectivity index (χ4n) is 2.89. The Morgan fingerprint density at radius 2 is 1.83 bits per heavy atom. The van der Waals surface area contributed by atoms with E-state index < -0.39 is 0 Å². The van der Waals surface area contributed by atoms with Crippen LogP contribution >= 0.6 is 11.3 Å².